The Labute approximate surface area is 229 Å². The van der Waals surface area contributed by atoms with Crippen LogP contribution < -0.4 is 18.9 Å². The molecule has 6 heteroatoms. The summed E-state index contributed by atoms with van der Waals surface area (Å²) in [6.07, 6.45) is 3.51. The molecule has 4 bridgehead atoms. The summed E-state index contributed by atoms with van der Waals surface area (Å²) in [6.45, 7) is 0.300. The Hall–Kier alpha value is -4.00. The summed E-state index contributed by atoms with van der Waals surface area (Å²) in [5.74, 6) is 3.74. The molecule has 7 rings (SSSR count). The van der Waals surface area contributed by atoms with Gasteiger partial charge < -0.3 is 28.4 Å². The van der Waals surface area contributed by atoms with Gasteiger partial charge in [-0.2, -0.15) is 0 Å². The van der Waals surface area contributed by atoms with Gasteiger partial charge >= 0.3 is 0 Å². The third kappa shape index (κ3) is 4.93. The molecule has 200 valence electrons. The molecule has 4 aromatic rings. The molecule has 0 unspecified atom stereocenters. The van der Waals surface area contributed by atoms with Gasteiger partial charge in [0.05, 0.1) is 7.11 Å². The van der Waals surface area contributed by atoms with E-state index in [0.29, 0.717) is 11.5 Å². The summed E-state index contributed by atoms with van der Waals surface area (Å²) >= 11 is 0. The number of methoxy groups -OCH3 is 3. The molecule has 0 fully saturated rings. The van der Waals surface area contributed by atoms with Crippen LogP contribution in [0.2, 0.25) is 0 Å². The topological polar surface area (TPSA) is 55.4 Å². The molecule has 39 heavy (non-hydrogen) atoms. The largest absolute Gasteiger partial charge is 0.497 e. The molecule has 0 amide bonds. The zero-order valence-corrected chi connectivity index (χ0v) is 22.5. The number of rotatable bonds is 7. The van der Waals surface area contributed by atoms with Crippen molar-refractivity contribution in [1.82, 2.24) is 0 Å². The highest BCUT2D eigenvalue weighted by atomic mass is 16.7. The second-order valence-electron chi connectivity index (χ2n) is 9.80. The van der Waals surface area contributed by atoms with E-state index in [9.17, 15) is 0 Å². The zero-order chi connectivity index (χ0) is 26.8. The lowest BCUT2D eigenvalue weighted by molar-refractivity contribution is 0.0495. The summed E-state index contributed by atoms with van der Waals surface area (Å²) in [7, 11) is 4.96. The first kappa shape index (κ1) is 25.3. The highest BCUT2D eigenvalue weighted by Gasteiger charge is 2.27. The van der Waals surface area contributed by atoms with Crippen LogP contribution in [0.25, 0.3) is 22.3 Å². The minimum Gasteiger partial charge on any atom is -0.497 e. The molecular weight excluding hydrogens is 492 g/mol. The van der Waals surface area contributed by atoms with Gasteiger partial charge in [0.15, 0.2) is 25.1 Å². The molecule has 0 aromatic heterocycles. The first-order valence-corrected chi connectivity index (χ1v) is 13.2. The third-order valence-electron chi connectivity index (χ3n) is 7.44. The Bertz CT molecular complexity index is 1490. The fourth-order valence-electron chi connectivity index (χ4n) is 5.52. The predicted octanol–water partition coefficient (Wildman–Crippen LogP) is 6.98. The average Bonchev–Trinajstić information content (AvgIpc) is 2.98. The van der Waals surface area contributed by atoms with Gasteiger partial charge in [0.2, 0.25) is 0 Å². The number of benzene rings is 4. The van der Waals surface area contributed by atoms with E-state index in [1.807, 2.05) is 24.3 Å². The molecule has 0 N–H and O–H groups in total. The molecule has 0 saturated heterocycles. The monoisotopic (exact) mass is 524 g/mol. The van der Waals surface area contributed by atoms with Crippen molar-refractivity contribution in [3.05, 3.63) is 89.0 Å². The molecular formula is C33H32O6. The van der Waals surface area contributed by atoms with E-state index in [4.69, 9.17) is 28.4 Å². The van der Waals surface area contributed by atoms with Crippen molar-refractivity contribution in [2.24, 2.45) is 0 Å². The maximum atomic E-state index is 6.60. The standard InChI is InChI=1S/C33H32O6/c1-34-19-37-30-15-10-22-8-9-24-17-31(38-20-35-2)29-18-28(24)32(22)33(30)39-25-11-5-21(6-12-25)4-7-23-16-26(36-3)13-14-27(23)29/h5-6,10-18H,4,7-9,19-20H2,1-3H3. The zero-order valence-electron chi connectivity index (χ0n) is 22.5. The van der Waals surface area contributed by atoms with Crippen molar-refractivity contribution in [1.29, 1.82) is 0 Å². The van der Waals surface area contributed by atoms with Crippen LogP contribution in [-0.2, 0) is 35.2 Å². The Morgan fingerprint density at radius 3 is 2.10 bits per heavy atom. The van der Waals surface area contributed by atoms with Crippen LogP contribution in [0.15, 0.2) is 66.7 Å². The van der Waals surface area contributed by atoms with Crippen LogP contribution >= 0.6 is 0 Å². The van der Waals surface area contributed by atoms with Crippen LogP contribution in [0, 0.1) is 0 Å². The summed E-state index contributed by atoms with van der Waals surface area (Å²) in [5, 5.41) is 0. The van der Waals surface area contributed by atoms with Crippen molar-refractivity contribution in [3.8, 4) is 51.0 Å². The fraction of sp³-hybridized carbons (Fsp3) is 0.273. The van der Waals surface area contributed by atoms with Gasteiger partial charge in [0, 0.05) is 25.3 Å². The van der Waals surface area contributed by atoms with Gasteiger partial charge in [0.25, 0.3) is 0 Å². The van der Waals surface area contributed by atoms with Crippen LogP contribution in [-0.4, -0.2) is 34.9 Å². The van der Waals surface area contributed by atoms with E-state index in [0.717, 1.165) is 65.2 Å². The van der Waals surface area contributed by atoms with E-state index >= 15 is 0 Å². The van der Waals surface area contributed by atoms with Crippen molar-refractivity contribution < 1.29 is 28.4 Å². The van der Waals surface area contributed by atoms with E-state index in [1.165, 1.54) is 22.3 Å². The van der Waals surface area contributed by atoms with Gasteiger partial charge in [-0.25, -0.2) is 0 Å². The first-order chi connectivity index (χ1) is 19.2. The number of hydrogen-bond acceptors (Lipinski definition) is 6. The number of aryl methyl sites for hydroxylation is 4. The van der Waals surface area contributed by atoms with Crippen LogP contribution in [0.5, 0.6) is 28.7 Å². The van der Waals surface area contributed by atoms with Crippen molar-refractivity contribution in [2.45, 2.75) is 25.7 Å². The number of hydrogen-bond donors (Lipinski definition) is 0. The minimum absolute atomic E-state index is 0.130. The smallest absolute Gasteiger partial charge is 0.188 e. The molecule has 0 saturated carbocycles. The lowest BCUT2D eigenvalue weighted by Gasteiger charge is -2.27. The van der Waals surface area contributed by atoms with E-state index in [1.54, 1.807) is 21.3 Å². The van der Waals surface area contributed by atoms with E-state index in [-0.39, 0.29) is 13.6 Å². The molecule has 2 heterocycles. The van der Waals surface area contributed by atoms with Crippen LogP contribution in [0.3, 0.4) is 0 Å². The molecule has 2 aliphatic heterocycles. The molecule has 0 atom stereocenters. The van der Waals surface area contributed by atoms with Gasteiger partial charge in [-0.15, -0.1) is 0 Å². The van der Waals surface area contributed by atoms with Crippen LogP contribution in [0.1, 0.15) is 22.3 Å². The molecule has 3 aliphatic rings. The second-order valence-corrected chi connectivity index (χ2v) is 9.80. The lowest BCUT2D eigenvalue weighted by Crippen LogP contribution is -2.10. The molecule has 1 aliphatic carbocycles. The highest BCUT2D eigenvalue weighted by Crippen LogP contribution is 2.50. The third-order valence-corrected chi connectivity index (χ3v) is 7.44. The summed E-state index contributed by atoms with van der Waals surface area (Å²) in [6, 6.07) is 23.1. The molecule has 4 aromatic carbocycles. The van der Waals surface area contributed by atoms with Gasteiger partial charge in [-0.3, -0.25) is 0 Å². The maximum Gasteiger partial charge on any atom is 0.188 e. The normalized spacial score (nSPS) is 13.2. The Balaban J connectivity index is 1.64. The lowest BCUT2D eigenvalue weighted by atomic mass is 9.82. The van der Waals surface area contributed by atoms with Crippen molar-refractivity contribution in [2.75, 3.05) is 34.9 Å². The Morgan fingerprint density at radius 1 is 0.615 bits per heavy atom. The van der Waals surface area contributed by atoms with Gasteiger partial charge in [0.1, 0.15) is 17.2 Å². The van der Waals surface area contributed by atoms with Crippen LogP contribution in [0.4, 0.5) is 0 Å². The highest BCUT2D eigenvalue weighted by molar-refractivity contribution is 5.87. The minimum atomic E-state index is 0.130. The molecule has 6 nitrogen and oxygen atoms in total. The Kier molecular flexibility index (Phi) is 7.14. The predicted molar refractivity (Wildman–Crippen MR) is 150 cm³/mol. The Morgan fingerprint density at radius 2 is 1.33 bits per heavy atom. The van der Waals surface area contributed by atoms with Crippen molar-refractivity contribution >= 4 is 0 Å². The SMILES string of the molecule is COCOc1cc2c3cc1-c1ccc(OC)cc1CCc1ccc(cc1)Oc1c(OCOC)ccc(c1-3)CC2. The molecule has 0 radical (unpaired) electrons. The summed E-state index contributed by atoms with van der Waals surface area (Å²) in [5.41, 5.74) is 9.12. The number of ether oxygens (including phenoxy) is 6. The van der Waals surface area contributed by atoms with Crippen molar-refractivity contribution in [3.63, 3.8) is 0 Å². The maximum absolute atomic E-state index is 6.60. The second kappa shape index (κ2) is 11.0. The summed E-state index contributed by atoms with van der Waals surface area (Å²) < 4.78 is 34.9. The average molecular weight is 525 g/mol. The van der Waals surface area contributed by atoms with Gasteiger partial charge in [-0.05, 0) is 102 Å². The van der Waals surface area contributed by atoms with E-state index < -0.39 is 0 Å². The molecule has 0 spiro atoms. The van der Waals surface area contributed by atoms with E-state index in [2.05, 4.69) is 42.5 Å². The number of fused-ring (bicyclic) bond motifs is 3. The van der Waals surface area contributed by atoms with Gasteiger partial charge in [-0.1, -0.05) is 24.3 Å². The quantitative estimate of drug-likeness (QED) is 0.243. The fourth-order valence-corrected chi connectivity index (χ4v) is 5.52. The summed E-state index contributed by atoms with van der Waals surface area (Å²) in [4.78, 5) is 0. The first-order valence-electron chi connectivity index (χ1n) is 13.2.